The lowest BCUT2D eigenvalue weighted by Crippen LogP contribution is -2.44. The molecule has 12 nitrogen and oxygen atoms in total. The Hall–Kier alpha value is -4.07. The minimum Gasteiger partial charge on any atom is -0.396 e. The number of nitrogens with two attached hydrogens (primary N) is 1. The van der Waals surface area contributed by atoms with E-state index in [0.29, 0.717) is 55.1 Å². The minimum absolute atomic E-state index is 0.0293. The largest absolute Gasteiger partial charge is 0.396 e. The molecule has 3 amide bonds. The van der Waals surface area contributed by atoms with Gasteiger partial charge in [-0.05, 0) is 63.0 Å². The number of halogens is 2. The van der Waals surface area contributed by atoms with Gasteiger partial charge in [0, 0.05) is 39.4 Å². The molecule has 1 atom stereocenters. The normalized spacial score (nSPS) is 23.5. The smallest absolute Gasteiger partial charge is 0.329 e. The number of ether oxygens (including phenoxy) is 1. The van der Waals surface area contributed by atoms with Crippen molar-refractivity contribution in [3.63, 3.8) is 0 Å². The van der Waals surface area contributed by atoms with Crippen LogP contribution >= 0.6 is 0 Å². The maximum Gasteiger partial charge on any atom is 0.329 e. The summed E-state index contributed by atoms with van der Waals surface area (Å²) in [6.07, 6.45) is 4.06. The summed E-state index contributed by atoms with van der Waals surface area (Å²) < 4.78 is 36.7. The quantitative estimate of drug-likeness (QED) is 0.390. The van der Waals surface area contributed by atoms with E-state index in [9.17, 15) is 28.0 Å². The number of hydrogen-bond acceptors (Lipinski definition) is 7. The Morgan fingerprint density at radius 1 is 1.09 bits per heavy atom. The van der Waals surface area contributed by atoms with Crippen LogP contribution in [0.15, 0.2) is 29.2 Å². The summed E-state index contributed by atoms with van der Waals surface area (Å²) in [6, 6.07) is 4.36. The van der Waals surface area contributed by atoms with Crippen molar-refractivity contribution in [2.45, 2.75) is 76.0 Å². The van der Waals surface area contributed by atoms with Crippen molar-refractivity contribution in [1.29, 1.82) is 0 Å². The lowest BCUT2D eigenvalue weighted by Gasteiger charge is -2.34. The number of imidazole rings is 1. The molecule has 0 spiro atoms. The fraction of sp³-hybridized carbons (Fsp3) is 0.567. The second kappa shape index (κ2) is 12.1. The SMILES string of the molecule is Cn1c(=O)n(C2CCC(=O)NC2=O)c2cccc(C(=O)N3CCC(OCC4CCC(n5cc(N)c(C(F)F)n5)CC4)CC3)c21. The van der Waals surface area contributed by atoms with Gasteiger partial charge in [-0.1, -0.05) is 6.07 Å². The van der Waals surface area contributed by atoms with Crippen molar-refractivity contribution in [2.75, 3.05) is 25.4 Å². The summed E-state index contributed by atoms with van der Waals surface area (Å²) in [6.45, 7) is 1.65. The number of imide groups is 1. The van der Waals surface area contributed by atoms with Gasteiger partial charge >= 0.3 is 5.69 Å². The third-order valence-electron chi connectivity index (χ3n) is 9.34. The Kier molecular flexibility index (Phi) is 8.27. The van der Waals surface area contributed by atoms with Gasteiger partial charge in [0.15, 0.2) is 5.69 Å². The van der Waals surface area contributed by atoms with Crippen LogP contribution in [0.25, 0.3) is 11.0 Å². The number of alkyl halides is 2. The van der Waals surface area contributed by atoms with Crippen LogP contribution in [0.3, 0.4) is 0 Å². The molecule has 6 rings (SSSR count). The number of likely N-dealkylation sites (tertiary alicyclic amines) is 1. The number of amides is 3. The number of hydrogen-bond donors (Lipinski definition) is 2. The number of carbonyl (C=O) groups is 3. The first kappa shape index (κ1) is 30.0. The van der Waals surface area contributed by atoms with E-state index < -0.39 is 24.1 Å². The Morgan fingerprint density at radius 2 is 1.82 bits per heavy atom. The highest BCUT2D eigenvalue weighted by Gasteiger charge is 2.33. The summed E-state index contributed by atoms with van der Waals surface area (Å²) in [7, 11) is 1.59. The summed E-state index contributed by atoms with van der Waals surface area (Å²) in [5.41, 5.74) is 6.30. The number of fused-ring (bicyclic) bond motifs is 1. The van der Waals surface area contributed by atoms with E-state index in [0.717, 1.165) is 25.7 Å². The second-order valence-electron chi connectivity index (χ2n) is 12.1. The van der Waals surface area contributed by atoms with Gasteiger partial charge in [0.25, 0.3) is 12.3 Å². The number of benzene rings is 1. The van der Waals surface area contributed by atoms with Crippen LogP contribution in [0.2, 0.25) is 0 Å². The molecule has 1 aromatic carbocycles. The van der Waals surface area contributed by atoms with Gasteiger partial charge < -0.3 is 15.4 Å². The molecule has 2 aromatic heterocycles. The van der Waals surface area contributed by atoms with Gasteiger partial charge in [0.05, 0.1) is 34.4 Å². The van der Waals surface area contributed by atoms with Gasteiger partial charge in [0.1, 0.15) is 6.04 Å². The zero-order valence-electron chi connectivity index (χ0n) is 24.6. The van der Waals surface area contributed by atoms with E-state index in [1.54, 1.807) is 34.8 Å². The van der Waals surface area contributed by atoms with Gasteiger partial charge in [-0.3, -0.25) is 33.5 Å². The molecule has 1 unspecified atom stereocenters. The van der Waals surface area contributed by atoms with Crippen LogP contribution in [0.4, 0.5) is 14.5 Å². The zero-order chi connectivity index (χ0) is 31.1. The van der Waals surface area contributed by atoms with Crippen LogP contribution in [-0.2, 0) is 21.4 Å². The molecule has 14 heteroatoms. The number of aromatic nitrogens is 4. The molecule has 1 saturated carbocycles. The molecule has 3 N–H and O–H groups in total. The number of aryl methyl sites for hydroxylation is 1. The second-order valence-corrected chi connectivity index (χ2v) is 12.1. The van der Waals surface area contributed by atoms with Gasteiger partial charge in [-0.15, -0.1) is 0 Å². The molecular weight excluding hydrogens is 576 g/mol. The molecule has 2 aliphatic heterocycles. The van der Waals surface area contributed by atoms with Gasteiger partial charge in [-0.2, -0.15) is 5.10 Å². The Morgan fingerprint density at radius 3 is 2.48 bits per heavy atom. The summed E-state index contributed by atoms with van der Waals surface area (Å²) in [5, 5.41) is 6.31. The molecule has 4 heterocycles. The van der Waals surface area contributed by atoms with Crippen molar-refractivity contribution in [1.82, 2.24) is 29.1 Å². The fourth-order valence-corrected chi connectivity index (χ4v) is 6.86. The molecule has 3 fully saturated rings. The van der Waals surface area contributed by atoms with E-state index >= 15 is 0 Å². The topological polar surface area (TPSA) is 146 Å². The molecule has 3 aliphatic rings. The van der Waals surface area contributed by atoms with E-state index in [-0.39, 0.29) is 48.2 Å². The van der Waals surface area contributed by atoms with Crippen molar-refractivity contribution in [2.24, 2.45) is 13.0 Å². The number of nitrogens with zero attached hydrogens (tertiary/aromatic N) is 5. The molecule has 0 bridgehead atoms. The van der Waals surface area contributed by atoms with Crippen molar-refractivity contribution in [3.05, 3.63) is 46.1 Å². The van der Waals surface area contributed by atoms with Crippen LogP contribution in [0.5, 0.6) is 0 Å². The first-order chi connectivity index (χ1) is 21.1. The Balaban J connectivity index is 1.04. The number of rotatable bonds is 7. The zero-order valence-corrected chi connectivity index (χ0v) is 24.6. The van der Waals surface area contributed by atoms with Crippen LogP contribution in [-0.4, -0.2) is 67.3 Å². The standard InChI is InChI=1S/C30H37F2N7O5/c1-36-26-20(3-2-4-22(26)39(30(36)43)23-9-10-24(40)34-28(23)41)29(42)37-13-11-19(12-14-37)44-16-17-5-7-18(8-6-17)38-15-21(33)25(35-38)27(31)32/h2-4,15,17-19,23,27H,5-14,16,33H2,1H3,(H,34,40,41). The predicted molar refractivity (Wildman–Crippen MR) is 156 cm³/mol. The molecule has 1 aliphatic carbocycles. The summed E-state index contributed by atoms with van der Waals surface area (Å²) in [5.74, 6) is -0.688. The highest BCUT2D eigenvalue weighted by molar-refractivity contribution is 6.06. The molecule has 44 heavy (non-hydrogen) atoms. The summed E-state index contributed by atoms with van der Waals surface area (Å²) >= 11 is 0. The molecule has 236 valence electrons. The first-order valence-electron chi connectivity index (χ1n) is 15.2. The third-order valence-corrected chi connectivity index (χ3v) is 9.34. The van der Waals surface area contributed by atoms with Crippen LogP contribution in [0.1, 0.15) is 85.9 Å². The molecule has 2 saturated heterocycles. The first-order valence-corrected chi connectivity index (χ1v) is 15.2. The molecule has 3 aromatic rings. The monoisotopic (exact) mass is 613 g/mol. The van der Waals surface area contributed by atoms with E-state index in [1.165, 1.54) is 15.3 Å². The molecule has 0 radical (unpaired) electrons. The summed E-state index contributed by atoms with van der Waals surface area (Å²) in [4.78, 5) is 52.9. The van der Waals surface area contributed by atoms with E-state index in [1.807, 2.05) is 0 Å². The van der Waals surface area contributed by atoms with Crippen molar-refractivity contribution >= 4 is 34.4 Å². The van der Waals surface area contributed by atoms with E-state index in [4.69, 9.17) is 10.5 Å². The number of nitrogen functional groups attached to an aromatic ring is 1. The minimum atomic E-state index is -2.68. The maximum atomic E-state index is 13.7. The lowest BCUT2D eigenvalue weighted by molar-refractivity contribution is -0.135. The lowest BCUT2D eigenvalue weighted by atomic mass is 9.86. The highest BCUT2D eigenvalue weighted by Crippen LogP contribution is 2.35. The molecular formula is C30H37F2N7O5. The number of anilines is 1. The fourth-order valence-electron chi connectivity index (χ4n) is 6.86. The Labute approximate surface area is 252 Å². The van der Waals surface area contributed by atoms with E-state index in [2.05, 4.69) is 10.4 Å². The van der Waals surface area contributed by atoms with Crippen molar-refractivity contribution in [3.8, 4) is 0 Å². The maximum absolute atomic E-state index is 13.7. The average Bonchev–Trinajstić information content (AvgIpc) is 3.53. The number of piperidine rings is 2. The average molecular weight is 614 g/mol. The number of carbonyl (C=O) groups excluding carboxylic acids is 3. The Bertz CT molecular complexity index is 1630. The third kappa shape index (κ3) is 5.62. The van der Waals surface area contributed by atoms with Crippen LogP contribution < -0.4 is 16.7 Å². The van der Waals surface area contributed by atoms with Gasteiger partial charge in [-0.25, -0.2) is 13.6 Å². The predicted octanol–water partition coefficient (Wildman–Crippen LogP) is 3.09. The van der Waals surface area contributed by atoms with Crippen molar-refractivity contribution < 1.29 is 27.9 Å². The number of nitrogens with one attached hydrogen (secondary N) is 1. The van der Waals surface area contributed by atoms with Gasteiger partial charge in [0.2, 0.25) is 11.8 Å². The number of para-hydroxylation sites is 1. The highest BCUT2D eigenvalue weighted by atomic mass is 19.3. The van der Waals surface area contributed by atoms with Crippen LogP contribution in [0, 0.1) is 5.92 Å².